The summed E-state index contributed by atoms with van der Waals surface area (Å²) in [5, 5.41) is 6.53. The Hall–Kier alpha value is -3.21. The van der Waals surface area contributed by atoms with Gasteiger partial charge in [-0.05, 0) is 17.2 Å². The van der Waals surface area contributed by atoms with Gasteiger partial charge in [-0.2, -0.15) is 0 Å². The van der Waals surface area contributed by atoms with Crippen LogP contribution in [0.4, 0.5) is 8.78 Å². The van der Waals surface area contributed by atoms with E-state index < -0.39 is 11.6 Å². The lowest BCUT2D eigenvalue weighted by Crippen LogP contribution is -2.35. The molecule has 2 N–H and O–H groups in total. The van der Waals surface area contributed by atoms with E-state index in [1.165, 1.54) is 12.1 Å². The summed E-state index contributed by atoms with van der Waals surface area (Å²) in [6.45, 7) is 0.223. The predicted octanol–water partition coefficient (Wildman–Crippen LogP) is 4.50. The molecule has 0 unspecified atom stereocenters. The van der Waals surface area contributed by atoms with Crippen LogP contribution in [0.2, 0.25) is 0 Å². The summed E-state index contributed by atoms with van der Waals surface area (Å²) in [5.74, 6) is -0.553. The molecule has 0 spiro atoms. The molecule has 0 saturated carbocycles. The zero-order chi connectivity index (χ0) is 18.6. The van der Waals surface area contributed by atoms with Crippen molar-refractivity contribution < 1.29 is 8.78 Å². The molecule has 1 aliphatic rings. The molecule has 0 aliphatic carbocycles. The van der Waals surface area contributed by atoms with Crippen molar-refractivity contribution in [2.75, 3.05) is 0 Å². The first-order valence-electron chi connectivity index (χ1n) is 8.83. The third-order valence-corrected chi connectivity index (χ3v) is 4.64. The van der Waals surface area contributed by atoms with Crippen molar-refractivity contribution in [3.05, 3.63) is 107 Å². The van der Waals surface area contributed by atoms with Crippen LogP contribution in [-0.4, -0.2) is 5.96 Å². The van der Waals surface area contributed by atoms with E-state index in [0.717, 1.165) is 17.2 Å². The van der Waals surface area contributed by atoms with Crippen molar-refractivity contribution in [2.24, 2.45) is 4.99 Å². The fourth-order valence-corrected chi connectivity index (χ4v) is 3.26. The van der Waals surface area contributed by atoms with Crippen molar-refractivity contribution in [1.29, 1.82) is 0 Å². The van der Waals surface area contributed by atoms with Gasteiger partial charge in [0.25, 0.3) is 0 Å². The molecule has 0 radical (unpaired) electrons. The standard InChI is InChI=1S/C22H19F2N3/c23-18-12-11-17(19(24)13-18)14-25-22-26-20(15-7-3-1-4-8-15)21(27-22)16-9-5-2-6-10-16/h1-13,20-21H,14H2,(H2,25,26,27)/t20-,21+. The van der Waals surface area contributed by atoms with Gasteiger partial charge >= 0.3 is 0 Å². The van der Waals surface area contributed by atoms with E-state index in [1.54, 1.807) is 0 Å². The van der Waals surface area contributed by atoms with E-state index in [0.29, 0.717) is 11.5 Å². The first kappa shape index (κ1) is 17.2. The predicted molar refractivity (Wildman–Crippen MR) is 102 cm³/mol. The highest BCUT2D eigenvalue weighted by molar-refractivity contribution is 5.82. The topological polar surface area (TPSA) is 36.4 Å². The Morgan fingerprint density at radius 1 is 0.852 bits per heavy atom. The maximum atomic E-state index is 13.9. The molecule has 0 aromatic heterocycles. The van der Waals surface area contributed by atoms with E-state index >= 15 is 0 Å². The van der Waals surface area contributed by atoms with E-state index in [4.69, 9.17) is 4.99 Å². The Balaban J connectivity index is 1.56. The summed E-state index contributed by atoms with van der Waals surface area (Å²) in [4.78, 5) is 4.78. The second-order valence-corrected chi connectivity index (χ2v) is 6.46. The molecule has 136 valence electrons. The van der Waals surface area contributed by atoms with Crippen LogP contribution >= 0.6 is 0 Å². The molecular formula is C22H19F2N3. The zero-order valence-electron chi connectivity index (χ0n) is 14.6. The van der Waals surface area contributed by atoms with Gasteiger partial charge in [0.15, 0.2) is 5.96 Å². The third kappa shape index (κ3) is 3.82. The SMILES string of the molecule is Fc1ccc(CNC2=N[C@@H](c3ccccc3)[C@@H](c3ccccc3)N2)c(F)c1. The van der Waals surface area contributed by atoms with Crippen LogP contribution in [0, 0.1) is 11.6 Å². The minimum Gasteiger partial charge on any atom is -0.352 e. The minimum atomic E-state index is -0.583. The van der Waals surface area contributed by atoms with Gasteiger partial charge < -0.3 is 10.6 Å². The van der Waals surface area contributed by atoms with Gasteiger partial charge in [-0.3, -0.25) is 0 Å². The molecular weight excluding hydrogens is 344 g/mol. The number of hydrogen-bond donors (Lipinski definition) is 2. The summed E-state index contributed by atoms with van der Waals surface area (Å²) < 4.78 is 26.9. The fraction of sp³-hybridized carbons (Fsp3) is 0.136. The van der Waals surface area contributed by atoms with E-state index in [2.05, 4.69) is 22.8 Å². The van der Waals surface area contributed by atoms with Gasteiger partial charge in [0, 0.05) is 18.2 Å². The normalized spacial score (nSPS) is 18.7. The van der Waals surface area contributed by atoms with Crippen LogP contribution < -0.4 is 10.6 Å². The fourth-order valence-electron chi connectivity index (χ4n) is 3.26. The molecule has 2 atom stereocenters. The Labute approximate surface area is 156 Å². The number of benzene rings is 3. The van der Waals surface area contributed by atoms with E-state index in [-0.39, 0.29) is 18.6 Å². The molecule has 0 bridgehead atoms. The van der Waals surface area contributed by atoms with Crippen LogP contribution in [0.3, 0.4) is 0 Å². The van der Waals surface area contributed by atoms with Gasteiger partial charge in [0.1, 0.15) is 17.7 Å². The summed E-state index contributed by atoms with van der Waals surface area (Å²) in [6, 6.07) is 23.6. The lowest BCUT2D eigenvalue weighted by molar-refractivity contribution is 0.565. The van der Waals surface area contributed by atoms with Crippen molar-refractivity contribution in [2.45, 2.75) is 18.6 Å². The third-order valence-electron chi connectivity index (χ3n) is 4.64. The quantitative estimate of drug-likeness (QED) is 0.716. The number of aliphatic imine (C=N–C) groups is 1. The van der Waals surface area contributed by atoms with Crippen LogP contribution in [0.1, 0.15) is 28.8 Å². The zero-order valence-corrected chi connectivity index (χ0v) is 14.6. The molecule has 0 fully saturated rings. The van der Waals surface area contributed by atoms with Crippen LogP contribution in [0.15, 0.2) is 83.9 Å². The van der Waals surface area contributed by atoms with E-state index in [1.807, 2.05) is 48.5 Å². The maximum Gasteiger partial charge on any atom is 0.192 e. The van der Waals surface area contributed by atoms with Crippen molar-refractivity contribution >= 4 is 5.96 Å². The molecule has 5 heteroatoms. The highest BCUT2D eigenvalue weighted by Crippen LogP contribution is 2.35. The van der Waals surface area contributed by atoms with Gasteiger partial charge in [0.2, 0.25) is 0 Å². The molecule has 1 aliphatic heterocycles. The second-order valence-electron chi connectivity index (χ2n) is 6.46. The monoisotopic (exact) mass is 363 g/mol. The number of rotatable bonds is 4. The second kappa shape index (κ2) is 7.58. The minimum absolute atomic E-state index is 0.0193. The first-order valence-corrected chi connectivity index (χ1v) is 8.83. The Kier molecular flexibility index (Phi) is 4.83. The summed E-state index contributed by atoms with van der Waals surface area (Å²) in [7, 11) is 0. The smallest absolute Gasteiger partial charge is 0.192 e. The van der Waals surface area contributed by atoms with Crippen molar-refractivity contribution in [3.8, 4) is 0 Å². The number of nitrogens with zero attached hydrogens (tertiary/aromatic N) is 1. The Bertz CT molecular complexity index is 942. The Morgan fingerprint density at radius 3 is 2.19 bits per heavy atom. The van der Waals surface area contributed by atoms with Gasteiger partial charge in [-0.1, -0.05) is 66.7 Å². The van der Waals surface area contributed by atoms with Gasteiger partial charge in [-0.15, -0.1) is 0 Å². The van der Waals surface area contributed by atoms with Crippen LogP contribution in [0.25, 0.3) is 0 Å². The Morgan fingerprint density at radius 2 is 1.52 bits per heavy atom. The molecule has 1 heterocycles. The highest BCUT2D eigenvalue weighted by atomic mass is 19.1. The lowest BCUT2D eigenvalue weighted by Gasteiger charge is -2.19. The lowest BCUT2D eigenvalue weighted by atomic mass is 9.95. The van der Waals surface area contributed by atoms with Crippen molar-refractivity contribution in [3.63, 3.8) is 0 Å². The molecule has 27 heavy (non-hydrogen) atoms. The summed E-state index contributed by atoms with van der Waals surface area (Å²) in [6.07, 6.45) is 0. The molecule has 0 saturated heterocycles. The van der Waals surface area contributed by atoms with Crippen LogP contribution in [-0.2, 0) is 6.54 Å². The summed E-state index contributed by atoms with van der Waals surface area (Å²) in [5.41, 5.74) is 2.61. The number of guanidine groups is 1. The highest BCUT2D eigenvalue weighted by Gasteiger charge is 2.31. The maximum absolute atomic E-state index is 13.9. The molecule has 0 amide bonds. The van der Waals surface area contributed by atoms with Gasteiger partial charge in [0.05, 0.1) is 6.04 Å². The largest absolute Gasteiger partial charge is 0.352 e. The molecule has 3 aromatic rings. The number of nitrogens with one attached hydrogen (secondary N) is 2. The molecule has 3 nitrogen and oxygen atoms in total. The van der Waals surface area contributed by atoms with Crippen LogP contribution in [0.5, 0.6) is 0 Å². The number of halogens is 2. The first-order chi connectivity index (χ1) is 13.2. The summed E-state index contributed by atoms with van der Waals surface area (Å²) >= 11 is 0. The van der Waals surface area contributed by atoms with E-state index in [9.17, 15) is 8.78 Å². The average molecular weight is 363 g/mol. The van der Waals surface area contributed by atoms with Gasteiger partial charge in [-0.25, -0.2) is 13.8 Å². The molecule has 4 rings (SSSR count). The number of hydrogen-bond acceptors (Lipinski definition) is 3. The average Bonchev–Trinajstić information content (AvgIpc) is 3.13. The molecule has 3 aromatic carbocycles. The van der Waals surface area contributed by atoms with Crippen molar-refractivity contribution in [1.82, 2.24) is 10.6 Å².